The van der Waals surface area contributed by atoms with Gasteiger partial charge in [0.15, 0.2) is 0 Å². The Morgan fingerprint density at radius 3 is 2.84 bits per heavy atom. The third-order valence-corrected chi connectivity index (χ3v) is 10.7. The maximum atomic E-state index is 10.7. The van der Waals surface area contributed by atoms with Crippen LogP contribution in [-0.4, -0.2) is 23.3 Å². The molecular formula is C27H33NO2S. The molecule has 6 rings (SSSR count). The molecule has 6 atom stereocenters. The number of methoxy groups -OCH3 is 1. The number of fused-ring (bicyclic) bond motifs is 7. The molecule has 1 unspecified atom stereocenters. The molecule has 0 saturated heterocycles. The summed E-state index contributed by atoms with van der Waals surface area (Å²) < 4.78 is 5.44. The number of thiazole rings is 1. The summed E-state index contributed by atoms with van der Waals surface area (Å²) in [6, 6.07) is 8.29. The van der Waals surface area contributed by atoms with Crippen LogP contribution in [0.15, 0.2) is 30.3 Å². The monoisotopic (exact) mass is 435 g/mol. The van der Waals surface area contributed by atoms with Crippen molar-refractivity contribution in [2.24, 2.45) is 28.6 Å². The van der Waals surface area contributed by atoms with E-state index in [2.05, 4.69) is 38.1 Å². The minimum Gasteiger partial charge on any atom is -0.497 e. The Hall–Kier alpha value is -1.65. The molecule has 0 spiro atoms. The van der Waals surface area contributed by atoms with Crippen molar-refractivity contribution in [3.8, 4) is 16.3 Å². The molecule has 0 bridgehead atoms. The van der Waals surface area contributed by atoms with E-state index >= 15 is 0 Å². The lowest BCUT2D eigenvalue weighted by Crippen LogP contribution is -2.50. The van der Waals surface area contributed by atoms with Crippen LogP contribution < -0.4 is 4.74 Å². The number of aryl methyl sites for hydroxylation is 1. The van der Waals surface area contributed by atoms with Crippen molar-refractivity contribution in [1.82, 2.24) is 4.98 Å². The predicted octanol–water partition coefficient (Wildman–Crippen LogP) is 6.36. The maximum absolute atomic E-state index is 10.7. The van der Waals surface area contributed by atoms with Crippen LogP contribution in [0.25, 0.3) is 16.1 Å². The molecule has 4 heteroatoms. The summed E-state index contributed by atoms with van der Waals surface area (Å²) in [5.41, 5.74) is 4.42. The largest absolute Gasteiger partial charge is 0.497 e. The molecular weight excluding hydrogens is 402 g/mol. The van der Waals surface area contributed by atoms with Crippen molar-refractivity contribution < 1.29 is 9.84 Å². The van der Waals surface area contributed by atoms with E-state index in [4.69, 9.17) is 9.72 Å². The van der Waals surface area contributed by atoms with E-state index in [1.807, 2.05) is 17.4 Å². The number of aliphatic hydroxyl groups is 1. The molecule has 4 aliphatic rings. The number of aliphatic hydroxyl groups excluding tert-OH is 1. The first-order chi connectivity index (χ1) is 14.9. The van der Waals surface area contributed by atoms with Crippen LogP contribution in [0.2, 0.25) is 0 Å². The second-order valence-electron chi connectivity index (χ2n) is 10.8. The van der Waals surface area contributed by atoms with Crippen LogP contribution in [0.4, 0.5) is 0 Å². The first kappa shape index (κ1) is 20.0. The SMILES string of the molecule is COc1cccc(-c2nc3c(s2)C2=CC[C@@H]4[C@H](CC[C@]5(C)C(O)CC[C@@H]45)[C@@]2(C)CC3)c1. The molecule has 2 aromatic rings. The van der Waals surface area contributed by atoms with Gasteiger partial charge in [0.05, 0.1) is 23.8 Å². The van der Waals surface area contributed by atoms with E-state index in [9.17, 15) is 5.11 Å². The second-order valence-corrected chi connectivity index (χ2v) is 11.8. The molecule has 4 aliphatic carbocycles. The highest BCUT2D eigenvalue weighted by Crippen LogP contribution is 2.66. The predicted molar refractivity (Wildman–Crippen MR) is 126 cm³/mol. The number of aromatic nitrogens is 1. The first-order valence-electron chi connectivity index (χ1n) is 12.0. The van der Waals surface area contributed by atoms with Crippen LogP contribution in [0.5, 0.6) is 5.75 Å². The molecule has 0 radical (unpaired) electrons. The Kier molecular flexibility index (Phi) is 4.46. The Labute approximate surface area is 189 Å². The Balaban J connectivity index is 1.38. The average molecular weight is 436 g/mol. The van der Waals surface area contributed by atoms with E-state index in [0.717, 1.165) is 41.0 Å². The molecule has 1 heterocycles. The van der Waals surface area contributed by atoms with Gasteiger partial charge in [-0.3, -0.25) is 0 Å². The van der Waals surface area contributed by atoms with E-state index in [-0.39, 0.29) is 16.9 Å². The first-order valence-corrected chi connectivity index (χ1v) is 12.8. The van der Waals surface area contributed by atoms with Gasteiger partial charge in [0.25, 0.3) is 0 Å². The summed E-state index contributed by atoms with van der Waals surface area (Å²) >= 11 is 1.88. The molecule has 1 N–H and O–H groups in total. The molecule has 1 aromatic heterocycles. The van der Waals surface area contributed by atoms with Gasteiger partial charge in [-0.1, -0.05) is 32.1 Å². The lowest BCUT2D eigenvalue weighted by atomic mass is 9.48. The van der Waals surface area contributed by atoms with Gasteiger partial charge in [-0.15, -0.1) is 11.3 Å². The summed E-state index contributed by atoms with van der Waals surface area (Å²) in [5, 5.41) is 11.8. The third kappa shape index (κ3) is 2.77. The number of ether oxygens (including phenoxy) is 1. The second kappa shape index (κ2) is 6.92. The standard InChI is InChI=1S/C27H33NO2S/c1-26-14-12-22-24(31-25(28-22)16-5-4-6-17(15-16)30-3)21(26)8-7-18-19-9-10-23(29)27(19,2)13-11-20(18)26/h4-6,8,15,18-20,23,29H,7,9-14H2,1-3H3/t18-,19-,20-,23?,26+,27-/m0/s1. The molecule has 3 nitrogen and oxygen atoms in total. The normalized spacial score (nSPS) is 38.5. The Morgan fingerprint density at radius 2 is 2.00 bits per heavy atom. The van der Waals surface area contributed by atoms with Crippen molar-refractivity contribution in [3.63, 3.8) is 0 Å². The van der Waals surface area contributed by atoms with Gasteiger partial charge >= 0.3 is 0 Å². The lowest BCUT2D eigenvalue weighted by molar-refractivity contribution is -0.0579. The van der Waals surface area contributed by atoms with Gasteiger partial charge in [0.1, 0.15) is 10.8 Å². The average Bonchev–Trinajstić information content (AvgIpc) is 3.34. The zero-order chi connectivity index (χ0) is 21.4. The summed E-state index contributed by atoms with van der Waals surface area (Å²) in [5.74, 6) is 3.05. The molecule has 1 aromatic carbocycles. The van der Waals surface area contributed by atoms with Gasteiger partial charge in [-0.05, 0) is 91.2 Å². The summed E-state index contributed by atoms with van der Waals surface area (Å²) in [6.07, 6.45) is 10.6. The Bertz CT molecular complexity index is 1060. The number of hydrogen-bond donors (Lipinski definition) is 1. The fourth-order valence-electron chi connectivity index (χ4n) is 7.73. The fourth-order valence-corrected chi connectivity index (χ4v) is 9.01. The molecule has 0 aliphatic heterocycles. The van der Waals surface area contributed by atoms with Crippen molar-refractivity contribution >= 4 is 16.9 Å². The smallest absolute Gasteiger partial charge is 0.124 e. The van der Waals surface area contributed by atoms with Crippen molar-refractivity contribution in [2.45, 2.75) is 64.9 Å². The molecule has 2 fully saturated rings. The highest BCUT2D eigenvalue weighted by atomic mass is 32.1. The number of allylic oxidation sites excluding steroid dienone is 2. The van der Waals surface area contributed by atoms with Crippen LogP contribution in [0.3, 0.4) is 0 Å². The number of benzene rings is 1. The molecule has 0 amide bonds. The Morgan fingerprint density at radius 1 is 1.13 bits per heavy atom. The van der Waals surface area contributed by atoms with Crippen LogP contribution in [0, 0.1) is 28.6 Å². The zero-order valence-corrected chi connectivity index (χ0v) is 19.7. The highest BCUT2D eigenvalue weighted by molar-refractivity contribution is 7.16. The minimum atomic E-state index is -0.0958. The van der Waals surface area contributed by atoms with Crippen LogP contribution in [0.1, 0.15) is 62.9 Å². The van der Waals surface area contributed by atoms with Crippen molar-refractivity contribution in [3.05, 3.63) is 40.9 Å². The lowest BCUT2D eigenvalue weighted by Gasteiger charge is -2.56. The molecule has 31 heavy (non-hydrogen) atoms. The third-order valence-electron chi connectivity index (χ3n) is 9.55. The van der Waals surface area contributed by atoms with Gasteiger partial charge in [0.2, 0.25) is 0 Å². The van der Waals surface area contributed by atoms with Gasteiger partial charge in [0, 0.05) is 5.56 Å². The van der Waals surface area contributed by atoms with E-state index in [0.29, 0.717) is 5.92 Å². The van der Waals surface area contributed by atoms with Crippen LogP contribution in [-0.2, 0) is 6.42 Å². The van der Waals surface area contributed by atoms with E-state index < -0.39 is 0 Å². The van der Waals surface area contributed by atoms with Gasteiger partial charge < -0.3 is 9.84 Å². The fraction of sp³-hybridized carbons (Fsp3) is 0.593. The topological polar surface area (TPSA) is 42.4 Å². The minimum absolute atomic E-state index is 0.0958. The van der Waals surface area contributed by atoms with Crippen LogP contribution >= 0.6 is 11.3 Å². The zero-order valence-electron chi connectivity index (χ0n) is 18.9. The molecule has 164 valence electrons. The quantitative estimate of drug-likeness (QED) is 0.597. The number of nitrogens with zero attached hydrogens (tertiary/aromatic N) is 1. The maximum Gasteiger partial charge on any atom is 0.124 e. The molecule has 2 saturated carbocycles. The van der Waals surface area contributed by atoms with E-state index in [1.54, 1.807) is 12.7 Å². The van der Waals surface area contributed by atoms with Crippen molar-refractivity contribution in [2.75, 3.05) is 7.11 Å². The summed E-state index contributed by atoms with van der Waals surface area (Å²) in [6.45, 7) is 4.91. The van der Waals surface area contributed by atoms with Gasteiger partial charge in [-0.25, -0.2) is 4.98 Å². The number of hydrogen-bond acceptors (Lipinski definition) is 4. The number of rotatable bonds is 2. The van der Waals surface area contributed by atoms with Crippen molar-refractivity contribution in [1.29, 1.82) is 0 Å². The van der Waals surface area contributed by atoms with E-state index in [1.165, 1.54) is 42.7 Å². The summed E-state index contributed by atoms with van der Waals surface area (Å²) in [7, 11) is 1.72. The summed E-state index contributed by atoms with van der Waals surface area (Å²) in [4.78, 5) is 6.52. The van der Waals surface area contributed by atoms with Gasteiger partial charge in [-0.2, -0.15) is 0 Å². The highest BCUT2D eigenvalue weighted by Gasteiger charge is 2.58.